The van der Waals surface area contributed by atoms with E-state index < -0.39 is 29.4 Å². The van der Waals surface area contributed by atoms with Crippen molar-refractivity contribution in [1.82, 2.24) is 10.2 Å². The summed E-state index contributed by atoms with van der Waals surface area (Å²) < 4.78 is 5.18. The summed E-state index contributed by atoms with van der Waals surface area (Å²) in [5.41, 5.74) is 1.57. The van der Waals surface area contributed by atoms with E-state index in [2.05, 4.69) is 5.32 Å². The highest BCUT2D eigenvalue weighted by molar-refractivity contribution is 6.30. The first-order valence-corrected chi connectivity index (χ1v) is 11.7. The van der Waals surface area contributed by atoms with Crippen LogP contribution in [0.1, 0.15) is 38.8 Å². The molecule has 6 nitrogen and oxygen atoms in total. The normalized spacial score (nSPS) is 26.7. The SMILES string of the molecule is CCN1C(=O)C2C(c3ccc(-c4cccc(Cl)c4)cc3)N[C@@](CC(C)C)(C(=O)OC)C2C1=O. The molecule has 174 valence electrons. The van der Waals surface area contributed by atoms with Crippen molar-refractivity contribution < 1.29 is 19.1 Å². The average molecular weight is 469 g/mol. The zero-order valence-corrected chi connectivity index (χ0v) is 20.1. The van der Waals surface area contributed by atoms with Gasteiger partial charge in [0.25, 0.3) is 0 Å². The zero-order valence-electron chi connectivity index (χ0n) is 19.3. The molecule has 2 aliphatic heterocycles. The lowest BCUT2D eigenvalue weighted by atomic mass is 9.75. The number of carbonyl (C=O) groups is 3. The van der Waals surface area contributed by atoms with Gasteiger partial charge in [-0.15, -0.1) is 0 Å². The molecule has 0 saturated carbocycles. The highest BCUT2D eigenvalue weighted by atomic mass is 35.5. The molecule has 3 unspecified atom stereocenters. The van der Waals surface area contributed by atoms with Gasteiger partial charge in [0.2, 0.25) is 11.8 Å². The van der Waals surface area contributed by atoms with Crippen LogP contribution >= 0.6 is 11.6 Å². The van der Waals surface area contributed by atoms with Gasteiger partial charge < -0.3 is 4.74 Å². The van der Waals surface area contributed by atoms with Crippen LogP contribution in [0.4, 0.5) is 0 Å². The number of likely N-dealkylation sites (tertiary alicyclic amines) is 1. The van der Waals surface area contributed by atoms with Crippen molar-refractivity contribution in [1.29, 1.82) is 0 Å². The van der Waals surface area contributed by atoms with E-state index in [1.807, 2.05) is 62.4 Å². The Bertz CT molecular complexity index is 1080. The maximum absolute atomic E-state index is 13.3. The molecule has 33 heavy (non-hydrogen) atoms. The predicted molar refractivity (Wildman–Crippen MR) is 126 cm³/mol. The summed E-state index contributed by atoms with van der Waals surface area (Å²) in [6, 6.07) is 14.9. The molecule has 2 aromatic carbocycles. The van der Waals surface area contributed by atoms with Crippen molar-refractivity contribution >= 4 is 29.4 Å². The van der Waals surface area contributed by atoms with Gasteiger partial charge in [0.1, 0.15) is 5.54 Å². The summed E-state index contributed by atoms with van der Waals surface area (Å²) >= 11 is 6.14. The molecule has 2 aromatic rings. The van der Waals surface area contributed by atoms with Crippen LogP contribution in [0.15, 0.2) is 48.5 Å². The molecule has 2 heterocycles. The quantitative estimate of drug-likeness (QED) is 0.507. The Morgan fingerprint density at radius 3 is 2.39 bits per heavy atom. The summed E-state index contributed by atoms with van der Waals surface area (Å²) in [7, 11) is 1.33. The van der Waals surface area contributed by atoms with Crippen LogP contribution < -0.4 is 5.32 Å². The van der Waals surface area contributed by atoms with Crippen molar-refractivity contribution in [3.05, 3.63) is 59.1 Å². The van der Waals surface area contributed by atoms with E-state index in [0.29, 0.717) is 11.4 Å². The van der Waals surface area contributed by atoms with Crippen LogP contribution in [0.5, 0.6) is 0 Å². The number of amides is 2. The lowest BCUT2D eigenvalue weighted by Gasteiger charge is -2.33. The lowest BCUT2D eigenvalue weighted by molar-refractivity contribution is -0.155. The number of benzene rings is 2. The molecule has 4 atom stereocenters. The minimum Gasteiger partial charge on any atom is -0.468 e. The Hall–Kier alpha value is -2.70. The van der Waals surface area contributed by atoms with Crippen molar-refractivity contribution in [3.63, 3.8) is 0 Å². The molecule has 4 rings (SSSR count). The zero-order chi connectivity index (χ0) is 23.9. The highest BCUT2D eigenvalue weighted by Gasteiger charge is 2.68. The number of rotatable bonds is 6. The van der Waals surface area contributed by atoms with Crippen LogP contribution in [0.3, 0.4) is 0 Å². The number of hydrogen-bond donors (Lipinski definition) is 1. The number of imide groups is 1. The van der Waals surface area contributed by atoms with E-state index in [1.54, 1.807) is 6.92 Å². The number of nitrogens with one attached hydrogen (secondary N) is 1. The molecule has 0 bridgehead atoms. The van der Waals surface area contributed by atoms with Crippen molar-refractivity contribution in [2.75, 3.05) is 13.7 Å². The van der Waals surface area contributed by atoms with Gasteiger partial charge in [-0.1, -0.05) is 61.8 Å². The molecule has 2 fully saturated rings. The van der Waals surface area contributed by atoms with E-state index in [4.69, 9.17) is 16.3 Å². The lowest BCUT2D eigenvalue weighted by Crippen LogP contribution is -2.57. The maximum Gasteiger partial charge on any atom is 0.326 e. The fourth-order valence-corrected chi connectivity index (χ4v) is 5.69. The summed E-state index contributed by atoms with van der Waals surface area (Å²) in [6.45, 7) is 6.05. The second kappa shape index (κ2) is 8.92. The number of halogens is 1. The molecule has 2 amide bonds. The molecule has 0 spiro atoms. The molecule has 7 heteroatoms. The second-order valence-electron chi connectivity index (χ2n) is 9.24. The van der Waals surface area contributed by atoms with Gasteiger partial charge in [0.05, 0.1) is 18.9 Å². The average Bonchev–Trinajstić information content (AvgIpc) is 3.26. The van der Waals surface area contributed by atoms with Gasteiger partial charge in [-0.2, -0.15) is 0 Å². The Morgan fingerprint density at radius 1 is 1.12 bits per heavy atom. The molecule has 2 aliphatic rings. The first kappa shape index (κ1) is 23.5. The standard InChI is InChI=1S/C26H29ClN2O4/c1-5-29-23(30)20-21(24(29)31)26(14-15(2)3,25(32)33-4)28-22(20)17-11-9-16(10-12-17)18-7-6-8-19(27)13-18/h6-13,15,20-22,28H,5,14H2,1-4H3/t20?,21?,22?,26-/m1/s1. The third-order valence-electron chi connectivity index (χ3n) is 6.77. The Labute approximate surface area is 199 Å². The fraction of sp³-hybridized carbons (Fsp3) is 0.423. The van der Waals surface area contributed by atoms with E-state index in [9.17, 15) is 14.4 Å². The number of methoxy groups -OCH3 is 1. The summed E-state index contributed by atoms with van der Waals surface area (Å²) in [5, 5.41) is 4.07. The highest BCUT2D eigenvalue weighted by Crippen LogP contribution is 2.51. The first-order valence-electron chi connectivity index (χ1n) is 11.3. The van der Waals surface area contributed by atoms with E-state index in [-0.39, 0.29) is 24.3 Å². The summed E-state index contributed by atoms with van der Waals surface area (Å²) in [5.74, 6) is -2.38. The van der Waals surface area contributed by atoms with Gasteiger partial charge in [-0.05, 0) is 48.1 Å². The third kappa shape index (κ3) is 3.85. The Morgan fingerprint density at radius 2 is 1.82 bits per heavy atom. The third-order valence-corrected chi connectivity index (χ3v) is 7.00. The van der Waals surface area contributed by atoms with Gasteiger partial charge >= 0.3 is 5.97 Å². The molecule has 0 aliphatic carbocycles. The second-order valence-corrected chi connectivity index (χ2v) is 9.68. The van der Waals surface area contributed by atoms with Crippen LogP contribution in [-0.2, 0) is 19.1 Å². The maximum atomic E-state index is 13.3. The van der Waals surface area contributed by atoms with Crippen molar-refractivity contribution in [2.24, 2.45) is 17.8 Å². The monoisotopic (exact) mass is 468 g/mol. The molecule has 1 N–H and O–H groups in total. The van der Waals surface area contributed by atoms with Gasteiger partial charge in [-0.25, -0.2) is 0 Å². The molecule has 2 saturated heterocycles. The van der Waals surface area contributed by atoms with Crippen molar-refractivity contribution in [2.45, 2.75) is 38.8 Å². The smallest absolute Gasteiger partial charge is 0.326 e. The fourth-order valence-electron chi connectivity index (χ4n) is 5.50. The molecule has 0 radical (unpaired) electrons. The topological polar surface area (TPSA) is 75.7 Å². The Balaban J connectivity index is 1.77. The van der Waals surface area contributed by atoms with E-state index in [1.165, 1.54) is 12.0 Å². The Kier molecular flexibility index (Phi) is 6.34. The van der Waals surface area contributed by atoms with Crippen LogP contribution in [0.25, 0.3) is 11.1 Å². The van der Waals surface area contributed by atoms with E-state index >= 15 is 0 Å². The number of ether oxygens (including phenoxy) is 1. The van der Waals surface area contributed by atoms with Gasteiger partial charge in [0.15, 0.2) is 0 Å². The van der Waals surface area contributed by atoms with Gasteiger partial charge in [0, 0.05) is 17.6 Å². The first-order chi connectivity index (χ1) is 15.7. The number of esters is 1. The predicted octanol–water partition coefficient (Wildman–Crippen LogP) is 4.23. The summed E-state index contributed by atoms with van der Waals surface area (Å²) in [6.07, 6.45) is 0.397. The molecule has 0 aromatic heterocycles. The number of hydrogen-bond acceptors (Lipinski definition) is 5. The minimum absolute atomic E-state index is 0.111. The molecular formula is C26H29ClN2O4. The minimum atomic E-state index is -1.25. The molecular weight excluding hydrogens is 440 g/mol. The van der Waals surface area contributed by atoms with Gasteiger partial charge in [-0.3, -0.25) is 24.6 Å². The van der Waals surface area contributed by atoms with Crippen molar-refractivity contribution in [3.8, 4) is 11.1 Å². The number of fused-ring (bicyclic) bond motifs is 1. The van der Waals surface area contributed by atoms with Crippen LogP contribution in [-0.4, -0.2) is 41.9 Å². The van der Waals surface area contributed by atoms with Crippen LogP contribution in [0.2, 0.25) is 5.02 Å². The van der Waals surface area contributed by atoms with Crippen LogP contribution in [0, 0.1) is 17.8 Å². The van der Waals surface area contributed by atoms with E-state index in [0.717, 1.165) is 16.7 Å². The largest absolute Gasteiger partial charge is 0.468 e. The number of nitrogens with zero attached hydrogens (tertiary/aromatic N) is 1. The number of carbonyl (C=O) groups excluding carboxylic acids is 3. The summed E-state index contributed by atoms with van der Waals surface area (Å²) in [4.78, 5) is 41.1.